The molecule has 0 saturated carbocycles. The molecular weight excluding hydrogens is 401 g/mol. The second kappa shape index (κ2) is 8.48. The van der Waals surface area contributed by atoms with Crippen LogP contribution in [0.5, 0.6) is 11.5 Å². The van der Waals surface area contributed by atoms with Crippen molar-refractivity contribution >= 4 is 11.6 Å². The first kappa shape index (κ1) is 21.2. The number of hydrogen-bond donors (Lipinski definition) is 1. The number of methoxy groups -OCH3 is 1. The van der Waals surface area contributed by atoms with Crippen molar-refractivity contribution in [2.45, 2.75) is 26.6 Å². The Balaban J connectivity index is 1.79. The van der Waals surface area contributed by atoms with Gasteiger partial charge in [-0.3, -0.25) is 4.79 Å². The molecule has 158 valence electrons. The van der Waals surface area contributed by atoms with Crippen LogP contribution in [-0.4, -0.2) is 18.2 Å². The van der Waals surface area contributed by atoms with Crippen molar-refractivity contribution in [2.75, 3.05) is 12.4 Å². The molecule has 0 aliphatic rings. The van der Waals surface area contributed by atoms with Crippen LogP contribution in [0.25, 0.3) is 0 Å². The molecule has 0 aliphatic carbocycles. The number of hydrogen-bond acceptors (Lipinski definition) is 5. The zero-order valence-electron chi connectivity index (χ0n) is 16.5. The first-order chi connectivity index (χ1) is 14.2. The minimum Gasteiger partial charge on any atom is -0.495 e. The zero-order chi connectivity index (χ0) is 21.9. The highest BCUT2D eigenvalue weighted by atomic mass is 19.4. The third kappa shape index (κ3) is 4.73. The Morgan fingerprint density at radius 3 is 2.63 bits per heavy atom. The molecule has 6 nitrogen and oxygen atoms in total. The van der Waals surface area contributed by atoms with Gasteiger partial charge in [0.05, 0.1) is 23.9 Å². The summed E-state index contributed by atoms with van der Waals surface area (Å²) in [6, 6.07) is 9.78. The number of rotatable bonds is 6. The molecule has 3 aromatic rings. The fourth-order valence-corrected chi connectivity index (χ4v) is 2.76. The van der Waals surface area contributed by atoms with Gasteiger partial charge in [0, 0.05) is 0 Å². The van der Waals surface area contributed by atoms with Crippen LogP contribution in [0.1, 0.15) is 32.9 Å². The van der Waals surface area contributed by atoms with Crippen LogP contribution >= 0.6 is 0 Å². The number of benzene rings is 2. The maximum atomic E-state index is 12.9. The highest BCUT2D eigenvalue weighted by molar-refractivity contribution is 6.04. The molecule has 0 radical (unpaired) electrons. The van der Waals surface area contributed by atoms with E-state index in [0.717, 1.165) is 17.7 Å². The van der Waals surface area contributed by atoms with Gasteiger partial charge in [0.2, 0.25) is 0 Å². The summed E-state index contributed by atoms with van der Waals surface area (Å²) >= 11 is 0. The second-order valence-corrected chi connectivity index (χ2v) is 6.54. The van der Waals surface area contributed by atoms with Crippen molar-refractivity contribution in [3.8, 4) is 11.5 Å². The first-order valence-corrected chi connectivity index (χ1v) is 8.90. The number of aromatic nitrogens is 1. The lowest BCUT2D eigenvalue weighted by Gasteiger charge is -2.12. The lowest BCUT2D eigenvalue weighted by atomic mass is 10.1. The monoisotopic (exact) mass is 420 g/mol. The number of anilines is 1. The molecule has 9 heteroatoms. The standard InChI is InChI=1S/C21H19F3N2O4/c1-12-7-8-18(28-3)17(9-12)25-20(27)19-16(13(2)30-26-19)11-29-15-6-4-5-14(10-15)21(22,23)24/h4-10H,11H2,1-3H3,(H,25,27). The van der Waals surface area contributed by atoms with Crippen molar-refractivity contribution in [2.24, 2.45) is 0 Å². The predicted octanol–water partition coefficient (Wildman–Crippen LogP) is 5.15. The maximum absolute atomic E-state index is 12.9. The van der Waals surface area contributed by atoms with Gasteiger partial charge in [-0.1, -0.05) is 17.3 Å². The van der Waals surface area contributed by atoms with Crippen LogP contribution in [0.15, 0.2) is 47.0 Å². The SMILES string of the molecule is COc1ccc(C)cc1NC(=O)c1noc(C)c1COc1cccc(C(F)(F)F)c1. The third-order valence-corrected chi connectivity index (χ3v) is 4.35. The molecule has 1 aromatic heterocycles. The molecular formula is C21H19F3N2O4. The third-order valence-electron chi connectivity index (χ3n) is 4.35. The van der Waals surface area contributed by atoms with Crippen LogP contribution in [0.2, 0.25) is 0 Å². The van der Waals surface area contributed by atoms with Gasteiger partial charge in [-0.2, -0.15) is 13.2 Å². The Morgan fingerprint density at radius 1 is 1.17 bits per heavy atom. The normalized spacial score (nSPS) is 11.3. The number of carbonyl (C=O) groups excluding carboxylic acids is 1. The molecule has 0 spiro atoms. The average Bonchev–Trinajstić information content (AvgIpc) is 3.07. The molecule has 0 atom stereocenters. The minimum absolute atomic E-state index is 0.0112. The van der Waals surface area contributed by atoms with Crippen molar-refractivity contribution in [1.82, 2.24) is 5.16 Å². The minimum atomic E-state index is -4.48. The number of alkyl halides is 3. The smallest absolute Gasteiger partial charge is 0.416 e. The van der Waals surface area contributed by atoms with E-state index in [-0.39, 0.29) is 18.1 Å². The summed E-state index contributed by atoms with van der Waals surface area (Å²) in [5.74, 6) is 0.245. The summed E-state index contributed by atoms with van der Waals surface area (Å²) in [5.41, 5.74) is 0.842. The van der Waals surface area contributed by atoms with Crippen LogP contribution in [0.3, 0.4) is 0 Å². The van der Waals surface area contributed by atoms with Crippen molar-refractivity contribution in [3.05, 3.63) is 70.6 Å². The summed E-state index contributed by atoms with van der Waals surface area (Å²) in [7, 11) is 1.48. The van der Waals surface area contributed by atoms with Crippen LogP contribution in [-0.2, 0) is 12.8 Å². The molecule has 0 fully saturated rings. The van der Waals surface area contributed by atoms with Crippen molar-refractivity contribution in [1.29, 1.82) is 0 Å². The van der Waals surface area contributed by atoms with Gasteiger partial charge in [-0.25, -0.2) is 0 Å². The number of aryl methyl sites for hydroxylation is 2. The van der Waals surface area contributed by atoms with Crippen LogP contribution in [0, 0.1) is 13.8 Å². The Bertz CT molecular complexity index is 1060. The molecule has 0 saturated heterocycles. The number of carbonyl (C=O) groups is 1. The molecule has 2 aromatic carbocycles. The first-order valence-electron chi connectivity index (χ1n) is 8.90. The molecule has 0 bridgehead atoms. The topological polar surface area (TPSA) is 73.6 Å². The number of ether oxygens (including phenoxy) is 2. The fraction of sp³-hybridized carbons (Fsp3) is 0.238. The lowest BCUT2D eigenvalue weighted by Crippen LogP contribution is -2.16. The van der Waals surface area contributed by atoms with E-state index in [9.17, 15) is 18.0 Å². The predicted molar refractivity (Wildman–Crippen MR) is 103 cm³/mol. The number of nitrogens with one attached hydrogen (secondary N) is 1. The number of halogens is 3. The highest BCUT2D eigenvalue weighted by Crippen LogP contribution is 2.32. The Hall–Kier alpha value is -3.49. The summed E-state index contributed by atoms with van der Waals surface area (Å²) in [5, 5.41) is 6.48. The molecule has 0 aliphatic heterocycles. The quantitative estimate of drug-likeness (QED) is 0.597. The van der Waals surface area contributed by atoms with E-state index < -0.39 is 17.6 Å². The largest absolute Gasteiger partial charge is 0.495 e. The molecule has 0 unspecified atom stereocenters. The average molecular weight is 420 g/mol. The van der Waals surface area contributed by atoms with Gasteiger partial charge in [-0.15, -0.1) is 0 Å². The highest BCUT2D eigenvalue weighted by Gasteiger charge is 2.30. The van der Waals surface area contributed by atoms with E-state index in [1.54, 1.807) is 19.1 Å². The van der Waals surface area contributed by atoms with Crippen molar-refractivity contribution < 1.29 is 32.0 Å². The van der Waals surface area contributed by atoms with E-state index in [0.29, 0.717) is 22.8 Å². The number of amides is 1. The fourth-order valence-electron chi connectivity index (χ4n) is 2.76. The van der Waals surface area contributed by atoms with E-state index in [1.807, 2.05) is 13.0 Å². The van der Waals surface area contributed by atoms with Gasteiger partial charge in [0.15, 0.2) is 5.69 Å². The Labute approximate surface area is 170 Å². The lowest BCUT2D eigenvalue weighted by molar-refractivity contribution is -0.137. The molecule has 30 heavy (non-hydrogen) atoms. The molecule has 1 amide bonds. The van der Waals surface area contributed by atoms with Crippen molar-refractivity contribution in [3.63, 3.8) is 0 Å². The van der Waals surface area contributed by atoms with E-state index in [4.69, 9.17) is 14.0 Å². The van der Waals surface area contributed by atoms with E-state index in [1.165, 1.54) is 19.2 Å². The zero-order valence-corrected chi connectivity index (χ0v) is 16.5. The van der Waals surface area contributed by atoms with Gasteiger partial charge in [-0.05, 0) is 49.7 Å². The maximum Gasteiger partial charge on any atom is 0.416 e. The van der Waals surface area contributed by atoms with Crippen LogP contribution < -0.4 is 14.8 Å². The summed E-state index contributed by atoms with van der Waals surface area (Å²) in [6.07, 6.45) is -4.48. The summed E-state index contributed by atoms with van der Waals surface area (Å²) < 4.78 is 54.4. The molecule has 1 N–H and O–H groups in total. The summed E-state index contributed by atoms with van der Waals surface area (Å²) in [4.78, 5) is 12.7. The van der Waals surface area contributed by atoms with E-state index in [2.05, 4.69) is 10.5 Å². The van der Waals surface area contributed by atoms with Gasteiger partial charge in [0.1, 0.15) is 23.9 Å². The van der Waals surface area contributed by atoms with Gasteiger partial charge >= 0.3 is 6.18 Å². The van der Waals surface area contributed by atoms with Gasteiger partial charge in [0.25, 0.3) is 5.91 Å². The Kier molecular flexibility index (Phi) is 6.00. The van der Waals surface area contributed by atoms with E-state index >= 15 is 0 Å². The summed E-state index contributed by atoms with van der Waals surface area (Å²) in [6.45, 7) is 3.26. The Morgan fingerprint density at radius 2 is 1.93 bits per heavy atom. The molecule has 3 rings (SSSR count). The number of nitrogens with zero attached hydrogens (tertiary/aromatic N) is 1. The molecule has 1 heterocycles. The van der Waals surface area contributed by atoms with Gasteiger partial charge < -0.3 is 19.3 Å². The second-order valence-electron chi connectivity index (χ2n) is 6.54. The van der Waals surface area contributed by atoms with Crippen LogP contribution in [0.4, 0.5) is 18.9 Å².